The van der Waals surface area contributed by atoms with Gasteiger partial charge in [0.05, 0.1) is 0 Å². The predicted molar refractivity (Wildman–Crippen MR) is 100 cm³/mol. The molecule has 0 heterocycles. The van der Waals surface area contributed by atoms with E-state index in [0.717, 1.165) is 31.2 Å². The summed E-state index contributed by atoms with van der Waals surface area (Å²) in [6.07, 6.45) is 4.59. The Morgan fingerprint density at radius 3 is 2.28 bits per heavy atom. The summed E-state index contributed by atoms with van der Waals surface area (Å²) >= 11 is 0. The maximum Gasteiger partial charge on any atom is 0.137 e. The number of ketones is 1. The zero-order chi connectivity index (χ0) is 18.6. The van der Waals surface area contributed by atoms with Gasteiger partial charge in [0.2, 0.25) is 0 Å². The minimum atomic E-state index is -0.0906. The molecule has 2 bridgehead atoms. The van der Waals surface area contributed by atoms with Gasteiger partial charge in [-0.3, -0.25) is 4.79 Å². The lowest BCUT2D eigenvalue weighted by atomic mass is 9.44. The summed E-state index contributed by atoms with van der Waals surface area (Å²) in [6, 6.07) is 3.62. The van der Waals surface area contributed by atoms with E-state index in [4.69, 9.17) is 0 Å². The molecule has 3 saturated carbocycles. The van der Waals surface area contributed by atoms with Gasteiger partial charge in [-0.25, -0.2) is 0 Å². The Balaban J connectivity index is 1.95. The molecule has 0 saturated heterocycles. The van der Waals surface area contributed by atoms with E-state index in [9.17, 15) is 15.0 Å². The number of hydrogen-bond acceptors (Lipinski definition) is 3. The topological polar surface area (TPSA) is 57.5 Å². The molecule has 3 aliphatic rings. The smallest absolute Gasteiger partial charge is 0.137 e. The zero-order valence-electron chi connectivity index (χ0n) is 16.2. The molecule has 25 heavy (non-hydrogen) atoms. The largest absolute Gasteiger partial charge is 0.508 e. The van der Waals surface area contributed by atoms with Crippen molar-refractivity contribution in [3.63, 3.8) is 0 Å². The first-order chi connectivity index (χ1) is 11.6. The lowest BCUT2D eigenvalue weighted by Gasteiger charge is -2.59. The summed E-state index contributed by atoms with van der Waals surface area (Å²) in [5, 5.41) is 21.5. The molecule has 0 amide bonds. The van der Waals surface area contributed by atoms with E-state index in [1.807, 2.05) is 12.1 Å². The fraction of sp³-hybridized carbons (Fsp3) is 0.682. The van der Waals surface area contributed by atoms with E-state index >= 15 is 0 Å². The van der Waals surface area contributed by atoms with E-state index in [1.54, 1.807) is 0 Å². The number of phenols is 2. The van der Waals surface area contributed by atoms with Gasteiger partial charge >= 0.3 is 0 Å². The molecule has 1 aromatic carbocycles. The summed E-state index contributed by atoms with van der Waals surface area (Å²) < 4.78 is 0. The summed E-state index contributed by atoms with van der Waals surface area (Å²) in [7, 11) is 0. The first-order valence-electron chi connectivity index (χ1n) is 9.68. The van der Waals surface area contributed by atoms with Gasteiger partial charge in [-0.2, -0.15) is 0 Å². The van der Waals surface area contributed by atoms with E-state index in [-0.39, 0.29) is 39.9 Å². The van der Waals surface area contributed by atoms with Gasteiger partial charge in [-0.1, -0.05) is 47.5 Å². The number of hydrogen-bond donors (Lipinski definition) is 2. The lowest BCUT2D eigenvalue weighted by Crippen LogP contribution is -2.56. The molecule has 0 radical (unpaired) electrons. The van der Waals surface area contributed by atoms with Gasteiger partial charge in [0.25, 0.3) is 0 Å². The number of unbranched alkanes of at least 4 members (excludes halogenated alkanes) is 1. The highest BCUT2D eigenvalue weighted by Gasteiger charge is 2.59. The second-order valence-electron chi connectivity index (χ2n) is 9.41. The Labute approximate surface area is 151 Å². The molecule has 1 aromatic rings. The van der Waals surface area contributed by atoms with Crippen molar-refractivity contribution in [3.05, 3.63) is 23.3 Å². The minimum absolute atomic E-state index is 0.0298. The average molecular weight is 344 g/mol. The van der Waals surface area contributed by atoms with Crippen LogP contribution in [0.1, 0.15) is 83.8 Å². The third kappa shape index (κ3) is 2.86. The molecule has 0 aromatic heterocycles. The van der Waals surface area contributed by atoms with E-state index < -0.39 is 0 Å². The van der Waals surface area contributed by atoms with Crippen LogP contribution in [0.5, 0.6) is 11.5 Å². The van der Waals surface area contributed by atoms with Crippen LogP contribution in [0.15, 0.2) is 12.1 Å². The van der Waals surface area contributed by atoms with Crippen molar-refractivity contribution in [1.82, 2.24) is 0 Å². The highest BCUT2D eigenvalue weighted by Crippen LogP contribution is 2.64. The summed E-state index contributed by atoms with van der Waals surface area (Å²) in [6.45, 7) is 10.8. The normalized spacial score (nSPS) is 27.9. The highest BCUT2D eigenvalue weighted by molar-refractivity contribution is 5.86. The number of benzene rings is 1. The van der Waals surface area contributed by atoms with Gasteiger partial charge in [-0.05, 0) is 47.3 Å². The molecule has 0 aliphatic heterocycles. The Morgan fingerprint density at radius 1 is 1.20 bits per heavy atom. The van der Waals surface area contributed by atoms with Crippen molar-refractivity contribution in [2.75, 3.05) is 0 Å². The van der Waals surface area contributed by atoms with Crippen LogP contribution in [0.2, 0.25) is 0 Å². The van der Waals surface area contributed by atoms with Crippen LogP contribution >= 0.6 is 0 Å². The van der Waals surface area contributed by atoms with E-state index in [1.165, 1.54) is 0 Å². The molecule has 4 rings (SSSR count). The first-order valence-corrected chi connectivity index (χ1v) is 9.68. The number of fused-ring (bicyclic) bond motifs is 2. The van der Waals surface area contributed by atoms with Crippen molar-refractivity contribution in [3.8, 4) is 11.5 Å². The van der Waals surface area contributed by atoms with Crippen molar-refractivity contribution in [1.29, 1.82) is 0 Å². The Morgan fingerprint density at radius 2 is 1.80 bits per heavy atom. The molecule has 0 spiro atoms. The number of aromatic hydroxyl groups is 2. The second-order valence-corrected chi connectivity index (χ2v) is 9.41. The third-order valence-electron chi connectivity index (χ3n) is 7.08. The van der Waals surface area contributed by atoms with Crippen LogP contribution in [-0.2, 0) is 10.2 Å². The van der Waals surface area contributed by atoms with Crippen LogP contribution < -0.4 is 0 Å². The molecule has 138 valence electrons. The van der Waals surface area contributed by atoms with Crippen LogP contribution in [0.4, 0.5) is 0 Å². The molecule has 3 fully saturated rings. The Kier molecular flexibility index (Phi) is 4.41. The number of carbonyl (C=O) groups is 1. The van der Waals surface area contributed by atoms with Crippen molar-refractivity contribution < 1.29 is 15.0 Å². The van der Waals surface area contributed by atoms with E-state index in [0.29, 0.717) is 17.9 Å². The van der Waals surface area contributed by atoms with Gasteiger partial charge in [0, 0.05) is 23.8 Å². The SMILES string of the molecule is CCCCC(C)(C)c1cc(O)c(C2CC(=O)C3CC2C3(C)C)c(O)c1. The Hall–Kier alpha value is -1.51. The predicted octanol–water partition coefficient (Wildman–Crippen LogP) is 5.28. The molecule has 3 unspecified atom stereocenters. The molecule has 3 nitrogen and oxygen atoms in total. The maximum atomic E-state index is 12.4. The molecule has 2 N–H and O–H groups in total. The van der Waals surface area contributed by atoms with Gasteiger partial charge in [-0.15, -0.1) is 0 Å². The summed E-state index contributed by atoms with van der Waals surface area (Å²) in [5.41, 5.74) is 1.43. The van der Waals surface area contributed by atoms with E-state index in [2.05, 4.69) is 34.6 Å². The first kappa shape index (κ1) is 18.3. The third-order valence-corrected chi connectivity index (χ3v) is 7.08. The number of rotatable bonds is 5. The number of carbonyl (C=O) groups excluding carboxylic acids is 1. The number of Topliss-reactive ketones (excluding diaryl/α,β-unsaturated/α-hetero) is 1. The van der Waals surface area contributed by atoms with Crippen LogP contribution in [0.25, 0.3) is 0 Å². The molecule has 3 heteroatoms. The molecular formula is C22H32O3. The molecular weight excluding hydrogens is 312 g/mol. The fourth-order valence-corrected chi connectivity index (χ4v) is 5.15. The second kappa shape index (κ2) is 6.03. The minimum Gasteiger partial charge on any atom is -0.508 e. The molecule has 3 atom stereocenters. The standard InChI is InChI=1S/C22H32O3/c1-6-7-8-21(2,3)13-9-18(24)20(19(25)10-13)14-11-17(23)16-12-15(14)22(16,4)5/h9-10,14-16,24-25H,6-8,11-12H2,1-5H3. The lowest BCUT2D eigenvalue weighted by molar-refractivity contribution is -0.151. The number of phenolic OH excluding ortho intramolecular Hbond substituents is 2. The zero-order valence-corrected chi connectivity index (χ0v) is 16.2. The monoisotopic (exact) mass is 344 g/mol. The summed E-state index contributed by atoms with van der Waals surface area (Å²) in [4.78, 5) is 12.4. The maximum absolute atomic E-state index is 12.4. The highest BCUT2D eigenvalue weighted by atomic mass is 16.3. The fourth-order valence-electron chi connectivity index (χ4n) is 5.15. The van der Waals surface area contributed by atoms with Crippen molar-refractivity contribution in [2.24, 2.45) is 17.3 Å². The summed E-state index contributed by atoms with van der Waals surface area (Å²) in [5.74, 6) is 1.03. The van der Waals surface area contributed by atoms with Gasteiger partial charge in [0.15, 0.2) is 0 Å². The van der Waals surface area contributed by atoms with Crippen molar-refractivity contribution in [2.45, 2.75) is 78.1 Å². The van der Waals surface area contributed by atoms with Crippen LogP contribution in [0, 0.1) is 17.3 Å². The van der Waals surface area contributed by atoms with Gasteiger partial charge < -0.3 is 10.2 Å². The quantitative estimate of drug-likeness (QED) is 0.763. The van der Waals surface area contributed by atoms with Gasteiger partial charge in [0.1, 0.15) is 17.3 Å². The molecule has 3 aliphatic carbocycles. The van der Waals surface area contributed by atoms with Crippen molar-refractivity contribution >= 4 is 5.78 Å². The van der Waals surface area contributed by atoms with Crippen LogP contribution in [0.3, 0.4) is 0 Å². The Bertz CT molecular complexity index is 664. The average Bonchev–Trinajstić information content (AvgIpc) is 2.51. The van der Waals surface area contributed by atoms with Crippen LogP contribution in [-0.4, -0.2) is 16.0 Å².